The molecule has 38 nitrogen and oxygen atoms in total. The number of carbonyl (C=O) groups is 2. The number of ether oxygens (including phenoxy) is 2. The van der Waals surface area contributed by atoms with Crippen molar-refractivity contribution in [2.24, 2.45) is 21.1 Å². The van der Waals surface area contributed by atoms with Gasteiger partial charge in [0, 0.05) is 321 Å². The molecule has 17 aromatic rings. The van der Waals surface area contributed by atoms with Crippen molar-refractivity contribution >= 4 is 62.8 Å². The highest BCUT2D eigenvalue weighted by Gasteiger charge is 2.45. The van der Waals surface area contributed by atoms with E-state index in [1.807, 2.05) is 168 Å². The third-order valence-electron chi connectivity index (χ3n) is 28.9. The topological polar surface area (TPSA) is 397 Å². The lowest BCUT2D eigenvalue weighted by atomic mass is 9.87. The Morgan fingerprint density at radius 3 is 1.15 bits per heavy atom. The van der Waals surface area contributed by atoms with Crippen molar-refractivity contribution in [3.63, 3.8) is 0 Å². The smallest absolute Gasteiger partial charge is 0.249 e. The van der Waals surface area contributed by atoms with Crippen molar-refractivity contribution in [1.29, 1.82) is 21.0 Å². The molecule has 2 atom stereocenters. The minimum atomic E-state index is -0.624. The molecule has 2 unspecified atom stereocenters. The Labute approximate surface area is 854 Å². The quantitative estimate of drug-likeness (QED) is 0.0692. The van der Waals surface area contributed by atoms with Crippen LogP contribution in [0.2, 0.25) is 0 Å². The van der Waals surface area contributed by atoms with E-state index in [9.17, 15) is 35.7 Å². The van der Waals surface area contributed by atoms with E-state index in [4.69, 9.17) is 29.4 Å². The minimum Gasteiger partial charge on any atom is -0.481 e. The molecule has 0 radical (unpaired) electrons. The van der Waals surface area contributed by atoms with Crippen LogP contribution < -0.4 is 34.0 Å². The number of anilines is 5. The molecule has 1 aliphatic carbocycles. The van der Waals surface area contributed by atoms with Crippen LogP contribution in [0.3, 0.4) is 0 Å². The van der Waals surface area contributed by atoms with E-state index >= 15 is 0 Å². The van der Waals surface area contributed by atoms with E-state index in [0.29, 0.717) is 98.2 Å². The first-order valence-electron chi connectivity index (χ1n) is 49.5. The zero-order valence-corrected chi connectivity index (χ0v) is 83.1. The Morgan fingerprint density at radius 1 is 0.412 bits per heavy atom. The standard InChI is InChI=1S/C30H34N8O2.C29H27N9O.C27H26N8O.C24H22N8O/c1-30(39)7-9-36(10-8-30)25-15-26(29-24(16-31)19-34-38(29)21-25)23-4-5-27(32-18-23)37-13-11-35(12-14-37)20-22-3-6-28(40-2)33-17-22;1-35-15-23(13-33-35)21-7-26(29-22(9-30)12-34-38(29)16-21)20-4-5-27(31-11-20)36-17-24-8-25(18-36)37(24)14-19-3-6-28(39-2)32-10-19;1-32-17-23(16-30-32)21-12-24(26-22(13-28)15-31-35(26)18-21)20-6-7-25(29-14-20)33-8-10-34(11-9-33)27(36)19-4-2-3-5-19;1-3-23(33)31-8-6-30(7-9-31)22-5-4-17(12-26-22)21-10-18(20-14-27-29(2)15-20)16-32-24(21)19(11-25)13-28-32/h3-6,15,17-19,21,39H,7-14,20H2,1-2H3;3-7,10-13,15-16,24-25H,8,14,17-18H2,1-2H3;4,6-7,12,14-18H,2-3,5,8-11H2,1H3;3-5,10,12-16H,1,6-9H2,2H3. The lowest BCUT2D eigenvalue weighted by molar-refractivity contribution is -0.127. The maximum atomic E-state index is 12.7. The maximum Gasteiger partial charge on any atom is 0.249 e. The summed E-state index contributed by atoms with van der Waals surface area (Å²) in [4.78, 5) is 72.5. The van der Waals surface area contributed by atoms with Gasteiger partial charge in [0.2, 0.25) is 23.6 Å². The number of aromatic nitrogens is 20. The van der Waals surface area contributed by atoms with Gasteiger partial charge in [-0.2, -0.15) is 56.7 Å². The summed E-state index contributed by atoms with van der Waals surface area (Å²) in [6.07, 6.45) is 45.8. The third kappa shape index (κ3) is 20.2. The molecule has 744 valence electrons. The fraction of sp³-hybridized carbons (Fsp3) is 0.300. The first-order valence-corrected chi connectivity index (χ1v) is 49.5. The van der Waals surface area contributed by atoms with Gasteiger partial charge in [-0.25, -0.2) is 48.0 Å². The van der Waals surface area contributed by atoms with Crippen molar-refractivity contribution in [3.8, 4) is 114 Å². The van der Waals surface area contributed by atoms with Crippen LogP contribution in [0.4, 0.5) is 29.0 Å². The predicted molar refractivity (Wildman–Crippen MR) is 560 cm³/mol. The highest BCUT2D eigenvalue weighted by molar-refractivity contribution is 5.95. The lowest BCUT2D eigenvalue weighted by Crippen LogP contribution is -2.68. The molecule has 7 aliphatic heterocycles. The van der Waals surface area contributed by atoms with Gasteiger partial charge in [0.15, 0.2) is 0 Å². The molecule has 0 aromatic carbocycles. The predicted octanol–water partition coefficient (Wildman–Crippen LogP) is 12.8. The van der Waals surface area contributed by atoms with E-state index in [2.05, 4.69) is 171 Å². The summed E-state index contributed by atoms with van der Waals surface area (Å²) in [5.74, 6) is 5.11. The molecule has 17 aromatic heterocycles. The minimum absolute atomic E-state index is 0.0374. The van der Waals surface area contributed by atoms with Crippen LogP contribution in [0.1, 0.15) is 78.8 Å². The molecule has 0 spiro atoms. The molecule has 0 saturated carbocycles. The zero-order valence-electron chi connectivity index (χ0n) is 83.1. The van der Waals surface area contributed by atoms with Crippen LogP contribution in [0, 0.1) is 45.3 Å². The van der Waals surface area contributed by atoms with E-state index < -0.39 is 5.60 Å². The van der Waals surface area contributed by atoms with Gasteiger partial charge < -0.3 is 48.9 Å². The average molecular weight is 1970 g/mol. The highest BCUT2D eigenvalue weighted by Crippen LogP contribution is 2.42. The Hall–Kier alpha value is -17.9. The zero-order chi connectivity index (χ0) is 102. The summed E-state index contributed by atoms with van der Waals surface area (Å²) in [5.41, 5.74) is 22.1. The molecule has 24 heterocycles. The van der Waals surface area contributed by atoms with Gasteiger partial charge in [-0.05, 0) is 135 Å². The Balaban J connectivity index is 0.000000116. The normalized spacial score (nSPS) is 16.6. The number of hydrogen-bond acceptors (Lipinski definition) is 29. The summed E-state index contributed by atoms with van der Waals surface area (Å²) >= 11 is 0. The molecule has 1 N–H and O–H groups in total. The van der Waals surface area contributed by atoms with Crippen LogP contribution in [-0.4, -0.2) is 271 Å². The first-order chi connectivity index (χ1) is 72.2. The molecular formula is C110H109N33O5. The fourth-order valence-electron chi connectivity index (χ4n) is 20.7. The number of hydrogen-bond donors (Lipinski definition) is 1. The van der Waals surface area contributed by atoms with Gasteiger partial charge in [0.1, 0.15) is 47.5 Å². The number of fused-ring (bicyclic) bond motifs is 6. The number of pyridine rings is 10. The Bertz CT molecular complexity index is 7960. The number of nitrogens with zero attached hydrogens (tertiary/aromatic N) is 33. The van der Waals surface area contributed by atoms with Crippen molar-refractivity contribution in [1.82, 2.24) is 117 Å². The van der Waals surface area contributed by atoms with Crippen LogP contribution in [0.15, 0.2) is 245 Å². The number of nitriles is 4. The van der Waals surface area contributed by atoms with Crippen molar-refractivity contribution in [2.45, 2.75) is 76.2 Å². The third-order valence-corrected chi connectivity index (χ3v) is 28.9. The number of methoxy groups -OCH3 is 2. The molecular weight excluding hydrogens is 1860 g/mol. The summed E-state index contributed by atoms with van der Waals surface area (Å²) in [6, 6.07) is 42.8. The molecule has 38 heteroatoms. The number of piperidine rings is 2. The Morgan fingerprint density at radius 2 is 0.797 bits per heavy atom. The number of aryl methyl sites for hydroxylation is 3. The van der Waals surface area contributed by atoms with Gasteiger partial charge in [-0.3, -0.25) is 33.4 Å². The van der Waals surface area contributed by atoms with Crippen molar-refractivity contribution in [2.75, 3.05) is 143 Å². The lowest BCUT2D eigenvalue weighted by Gasteiger charge is -2.56. The summed E-state index contributed by atoms with van der Waals surface area (Å²) in [6.45, 7) is 20.0. The molecule has 8 aliphatic rings. The van der Waals surface area contributed by atoms with E-state index in [0.717, 1.165) is 232 Å². The second-order valence-corrected chi connectivity index (χ2v) is 38.4. The van der Waals surface area contributed by atoms with Gasteiger partial charge in [0.25, 0.3) is 0 Å². The molecule has 2 amide bonds. The second kappa shape index (κ2) is 41.8. The fourth-order valence-corrected chi connectivity index (χ4v) is 20.7. The van der Waals surface area contributed by atoms with Crippen molar-refractivity contribution < 1.29 is 24.2 Å². The number of carbonyl (C=O) groups excluding carboxylic acids is 2. The van der Waals surface area contributed by atoms with Gasteiger partial charge >= 0.3 is 0 Å². The van der Waals surface area contributed by atoms with Crippen LogP contribution in [0.25, 0.3) is 100.0 Å². The summed E-state index contributed by atoms with van der Waals surface area (Å²) < 4.78 is 22.7. The number of aliphatic hydroxyl groups is 1. The van der Waals surface area contributed by atoms with Gasteiger partial charge in [0.05, 0.1) is 119 Å². The Kier molecular flexibility index (Phi) is 27.2. The molecule has 25 rings (SSSR count). The highest BCUT2D eigenvalue weighted by atomic mass is 16.5. The number of rotatable bonds is 20. The molecule has 7 saturated heterocycles. The molecule has 7 fully saturated rings. The second-order valence-electron chi connectivity index (χ2n) is 38.4. The SMILES string of the molecule is C=CC(=O)N1CCN(c2ccc(-c3cc(-c4cnn(C)c4)cn4ncc(C#N)c34)cn2)CC1.COc1ccc(CN2C3CC2CN(c2ccc(-c4cc(-c5cnn(C)c5)cn5ncc(C#N)c45)cn2)C3)cn1.COc1ccc(CN2CCN(c3ccc(-c4cc(N5CCC(C)(O)CC5)cn5ncc(C#N)c45)cn3)CC2)cn1.Cn1cc(-c2cc(-c3ccc(N4CCN(C(=O)C5=CCCC5)CC4)nc3)c3c(C#N)cnn3c2)cn1. The number of piperazine rings is 4. The molecule has 2 bridgehead atoms. The average Bonchev–Trinajstić information content (AvgIpc) is 1.33. The van der Waals surface area contributed by atoms with Gasteiger partial charge in [-0.1, -0.05) is 24.8 Å². The van der Waals surface area contributed by atoms with Gasteiger partial charge in [-0.15, -0.1) is 0 Å². The number of amides is 2. The first kappa shape index (κ1) is 96.3. The molecule has 148 heavy (non-hydrogen) atoms. The van der Waals surface area contributed by atoms with Crippen LogP contribution in [0.5, 0.6) is 11.8 Å². The summed E-state index contributed by atoms with van der Waals surface area (Å²) in [7, 11) is 8.92. The number of allylic oxidation sites excluding steroid dienone is 1. The summed E-state index contributed by atoms with van der Waals surface area (Å²) in [5, 5.41) is 79.7. The van der Waals surface area contributed by atoms with Crippen LogP contribution >= 0.6 is 0 Å². The monoisotopic (exact) mass is 1970 g/mol. The maximum absolute atomic E-state index is 12.7. The van der Waals surface area contributed by atoms with E-state index in [1.54, 1.807) is 82.2 Å². The largest absolute Gasteiger partial charge is 0.481 e. The van der Waals surface area contributed by atoms with Crippen molar-refractivity contribution in [3.05, 3.63) is 279 Å². The van der Waals surface area contributed by atoms with E-state index in [-0.39, 0.29) is 11.8 Å². The van der Waals surface area contributed by atoms with Crippen LogP contribution in [-0.2, 0) is 43.8 Å². The van der Waals surface area contributed by atoms with E-state index in [1.165, 1.54) is 23.6 Å².